The molecule has 138 valence electrons. The second kappa shape index (κ2) is 9.73. The maximum atomic E-state index is 12.1. The van der Waals surface area contributed by atoms with E-state index in [0.29, 0.717) is 24.3 Å². The van der Waals surface area contributed by atoms with E-state index >= 15 is 0 Å². The molecule has 0 fully saturated rings. The van der Waals surface area contributed by atoms with Crippen LogP contribution >= 0.6 is 0 Å². The average molecular weight is 355 g/mol. The van der Waals surface area contributed by atoms with Gasteiger partial charge in [-0.3, -0.25) is 9.59 Å². The minimum Gasteiger partial charge on any atom is -0.484 e. The average Bonchev–Trinajstić information content (AvgIpc) is 2.67. The van der Waals surface area contributed by atoms with Gasteiger partial charge in [-0.2, -0.15) is 0 Å². The lowest BCUT2D eigenvalue weighted by molar-refractivity contribution is -0.890. The van der Waals surface area contributed by atoms with Gasteiger partial charge in [0, 0.05) is 17.5 Å². The van der Waals surface area contributed by atoms with Crippen LogP contribution in [0.4, 0.5) is 0 Å². The van der Waals surface area contributed by atoms with Crippen LogP contribution in [0.5, 0.6) is 5.75 Å². The molecule has 0 aliphatic rings. The third kappa shape index (κ3) is 5.70. The molecule has 1 atom stereocenters. The Kier molecular flexibility index (Phi) is 7.36. The lowest BCUT2D eigenvalue weighted by Gasteiger charge is -2.22. The van der Waals surface area contributed by atoms with Crippen LogP contribution in [0, 0.1) is 0 Å². The molecule has 1 amide bonds. The van der Waals surface area contributed by atoms with Gasteiger partial charge in [-0.15, -0.1) is 0 Å². The molecule has 0 heterocycles. The van der Waals surface area contributed by atoms with Crippen LogP contribution in [0.2, 0.25) is 0 Å². The molecule has 2 aromatic rings. The van der Waals surface area contributed by atoms with E-state index in [4.69, 9.17) is 4.74 Å². The van der Waals surface area contributed by atoms with Crippen molar-refractivity contribution in [3.05, 3.63) is 65.7 Å². The summed E-state index contributed by atoms with van der Waals surface area (Å²) in [6.07, 6.45) is 0.471. The Balaban J connectivity index is 1.83. The fraction of sp³-hybridized carbons (Fsp3) is 0.333. The summed E-state index contributed by atoms with van der Waals surface area (Å²) in [5, 5.41) is 2.93. The Labute approximate surface area is 155 Å². The molecular formula is C21H27N2O3+. The summed E-state index contributed by atoms with van der Waals surface area (Å²) in [5.74, 6) is 0.499. The molecule has 2 N–H and O–H groups in total. The Morgan fingerprint density at radius 2 is 1.69 bits per heavy atom. The van der Waals surface area contributed by atoms with Gasteiger partial charge in [0.15, 0.2) is 12.4 Å². The highest BCUT2D eigenvalue weighted by atomic mass is 16.5. The van der Waals surface area contributed by atoms with Crippen molar-refractivity contribution >= 4 is 11.7 Å². The van der Waals surface area contributed by atoms with Gasteiger partial charge in [-0.05, 0) is 24.3 Å². The molecule has 0 spiro atoms. The van der Waals surface area contributed by atoms with E-state index in [1.807, 2.05) is 25.1 Å². The van der Waals surface area contributed by atoms with E-state index in [1.165, 1.54) is 10.5 Å². The van der Waals surface area contributed by atoms with Crippen LogP contribution in [0.15, 0.2) is 54.6 Å². The van der Waals surface area contributed by atoms with Crippen LogP contribution in [-0.2, 0) is 4.79 Å². The maximum absolute atomic E-state index is 12.1. The van der Waals surface area contributed by atoms with E-state index in [-0.39, 0.29) is 24.3 Å². The van der Waals surface area contributed by atoms with Crippen molar-refractivity contribution in [3.8, 4) is 5.75 Å². The minimum absolute atomic E-state index is 0.0503. The first-order valence-corrected chi connectivity index (χ1v) is 8.89. The molecule has 0 aliphatic carbocycles. The predicted octanol–water partition coefficient (Wildman–Crippen LogP) is 1.66. The summed E-state index contributed by atoms with van der Waals surface area (Å²) in [6, 6.07) is 17.2. The molecule has 0 saturated carbocycles. The number of likely N-dealkylation sites (N-methyl/N-ethyl adjacent to an activating group) is 1. The van der Waals surface area contributed by atoms with Gasteiger partial charge >= 0.3 is 0 Å². The van der Waals surface area contributed by atoms with Gasteiger partial charge < -0.3 is 15.0 Å². The number of amides is 1. The van der Waals surface area contributed by atoms with Gasteiger partial charge in [0.1, 0.15) is 11.8 Å². The zero-order chi connectivity index (χ0) is 18.9. The summed E-state index contributed by atoms with van der Waals surface area (Å²) < 4.78 is 5.50. The number of carbonyl (C=O) groups excluding carboxylic acids is 2. The zero-order valence-corrected chi connectivity index (χ0v) is 15.6. The largest absolute Gasteiger partial charge is 0.484 e. The van der Waals surface area contributed by atoms with Crippen molar-refractivity contribution < 1.29 is 19.2 Å². The summed E-state index contributed by atoms with van der Waals surface area (Å²) in [7, 11) is 4.14. The maximum Gasteiger partial charge on any atom is 0.258 e. The van der Waals surface area contributed by atoms with E-state index in [2.05, 4.69) is 31.5 Å². The van der Waals surface area contributed by atoms with Crippen LogP contribution in [0.1, 0.15) is 35.3 Å². The molecule has 0 bridgehead atoms. The lowest BCUT2D eigenvalue weighted by atomic mass is 10.1. The first-order valence-electron chi connectivity index (χ1n) is 8.89. The molecule has 0 saturated heterocycles. The highest BCUT2D eigenvalue weighted by Gasteiger charge is 2.18. The fourth-order valence-corrected chi connectivity index (χ4v) is 2.70. The second-order valence-electron chi connectivity index (χ2n) is 6.43. The molecule has 5 nitrogen and oxygen atoms in total. The SMILES string of the molecule is CCC(=O)c1ccc(OCC(=O)NC[C@H](c2ccccc2)[NH+](C)C)cc1. The smallest absolute Gasteiger partial charge is 0.258 e. The molecule has 5 heteroatoms. The molecule has 0 aliphatic heterocycles. The predicted molar refractivity (Wildman–Crippen MR) is 102 cm³/mol. The van der Waals surface area contributed by atoms with Crippen LogP contribution in [0.25, 0.3) is 0 Å². The van der Waals surface area contributed by atoms with Gasteiger partial charge in [-0.25, -0.2) is 0 Å². The van der Waals surface area contributed by atoms with Crippen molar-refractivity contribution in [3.63, 3.8) is 0 Å². The molecule has 26 heavy (non-hydrogen) atoms. The number of ketones is 1. The third-order valence-corrected chi connectivity index (χ3v) is 4.27. The number of ether oxygens (including phenoxy) is 1. The normalized spacial score (nSPS) is 11.8. The standard InChI is InChI=1S/C21H26N2O3/c1-4-20(24)17-10-12-18(13-11-17)26-15-21(25)22-14-19(23(2)3)16-8-6-5-7-9-16/h5-13,19H,4,14-15H2,1-3H3,(H,22,25)/p+1/t19-/m1/s1. The molecule has 0 unspecified atom stereocenters. The van der Waals surface area contributed by atoms with Gasteiger partial charge in [-0.1, -0.05) is 37.3 Å². The first-order chi connectivity index (χ1) is 12.5. The van der Waals surface area contributed by atoms with Crippen molar-refractivity contribution in [2.24, 2.45) is 0 Å². The molecule has 0 radical (unpaired) electrons. The zero-order valence-electron chi connectivity index (χ0n) is 15.6. The fourth-order valence-electron chi connectivity index (χ4n) is 2.70. The number of hydrogen-bond donors (Lipinski definition) is 2. The minimum atomic E-state index is -0.166. The first kappa shape index (κ1) is 19.7. The number of nitrogens with one attached hydrogen (secondary N) is 2. The Morgan fingerprint density at radius 3 is 2.27 bits per heavy atom. The number of carbonyl (C=O) groups is 2. The number of rotatable bonds is 9. The lowest BCUT2D eigenvalue weighted by Crippen LogP contribution is -3.07. The van der Waals surface area contributed by atoms with Crippen molar-refractivity contribution in [1.29, 1.82) is 0 Å². The van der Waals surface area contributed by atoms with Crippen molar-refractivity contribution in [1.82, 2.24) is 5.32 Å². The topological polar surface area (TPSA) is 59.8 Å². The van der Waals surface area contributed by atoms with Gasteiger partial charge in [0.05, 0.1) is 20.6 Å². The molecule has 2 aromatic carbocycles. The number of quaternary nitrogens is 1. The van der Waals surface area contributed by atoms with Gasteiger partial charge in [0.25, 0.3) is 5.91 Å². The quantitative estimate of drug-likeness (QED) is 0.673. The van der Waals surface area contributed by atoms with E-state index < -0.39 is 0 Å². The highest BCUT2D eigenvalue weighted by Crippen LogP contribution is 2.13. The second-order valence-corrected chi connectivity index (χ2v) is 6.43. The highest BCUT2D eigenvalue weighted by molar-refractivity contribution is 5.95. The van der Waals surface area contributed by atoms with E-state index in [1.54, 1.807) is 24.3 Å². The monoisotopic (exact) mass is 355 g/mol. The summed E-state index contributed by atoms with van der Waals surface area (Å²) in [4.78, 5) is 24.9. The van der Waals surface area contributed by atoms with E-state index in [9.17, 15) is 9.59 Å². The van der Waals surface area contributed by atoms with Crippen LogP contribution < -0.4 is 15.0 Å². The van der Waals surface area contributed by atoms with Gasteiger partial charge in [0.2, 0.25) is 0 Å². The van der Waals surface area contributed by atoms with E-state index in [0.717, 1.165) is 0 Å². The molecule has 0 aromatic heterocycles. The summed E-state index contributed by atoms with van der Waals surface area (Å²) >= 11 is 0. The third-order valence-electron chi connectivity index (χ3n) is 4.27. The number of hydrogen-bond acceptors (Lipinski definition) is 3. The Bertz CT molecular complexity index is 712. The number of benzene rings is 2. The number of Topliss-reactive ketones (excluding diaryl/α,β-unsaturated/α-hetero) is 1. The summed E-state index contributed by atoms with van der Waals surface area (Å²) in [5.41, 5.74) is 1.84. The molecular weight excluding hydrogens is 328 g/mol. The summed E-state index contributed by atoms with van der Waals surface area (Å²) in [6.45, 7) is 2.32. The Hall–Kier alpha value is -2.66. The van der Waals surface area contributed by atoms with Crippen molar-refractivity contribution in [2.75, 3.05) is 27.2 Å². The Morgan fingerprint density at radius 1 is 1.04 bits per heavy atom. The van der Waals surface area contributed by atoms with Crippen molar-refractivity contribution in [2.45, 2.75) is 19.4 Å². The van der Waals surface area contributed by atoms with Crippen LogP contribution in [0.3, 0.4) is 0 Å². The molecule has 2 rings (SSSR count). The van der Waals surface area contributed by atoms with Crippen LogP contribution in [-0.4, -0.2) is 38.9 Å².